The van der Waals surface area contributed by atoms with E-state index < -0.39 is 48.2 Å². The number of amides is 6. The molecule has 0 aromatic heterocycles. The second kappa shape index (κ2) is 24.6. The molecule has 6 amide bonds. The average Bonchev–Trinajstić information content (AvgIpc) is 3.33. The average molecular weight is 903 g/mol. The Kier molecular flexibility index (Phi) is 18.5. The number of urea groups is 2. The maximum Gasteiger partial charge on any atom is 0.318 e. The van der Waals surface area contributed by atoms with Crippen molar-refractivity contribution in [2.45, 2.75) is 90.0 Å². The number of rotatable bonds is 19. The fourth-order valence-corrected chi connectivity index (χ4v) is 8.69. The van der Waals surface area contributed by atoms with E-state index in [1.165, 1.54) is 11.1 Å². The summed E-state index contributed by atoms with van der Waals surface area (Å²) in [6.07, 6.45) is -2.82. The Hall–Kier alpha value is -5.80. The lowest BCUT2D eigenvalue weighted by atomic mass is 9.90. The van der Waals surface area contributed by atoms with Gasteiger partial charge in [-0.2, -0.15) is 0 Å². The van der Waals surface area contributed by atoms with Gasteiger partial charge in [-0.05, 0) is 46.9 Å². The van der Waals surface area contributed by atoms with Crippen LogP contribution in [0.25, 0.3) is 0 Å². The van der Waals surface area contributed by atoms with E-state index in [0.29, 0.717) is 52.4 Å². The third-order valence-electron chi connectivity index (χ3n) is 12.7. The third-order valence-corrected chi connectivity index (χ3v) is 12.7. The molecular formula is C52H70N8O6. The molecular weight excluding hydrogens is 833 g/mol. The number of benzene rings is 4. The zero-order chi connectivity index (χ0) is 47.0. The number of aliphatic hydroxyl groups excluding tert-OH is 2. The number of piperazine rings is 2. The van der Waals surface area contributed by atoms with Crippen molar-refractivity contribution in [1.29, 1.82) is 0 Å². The Morgan fingerprint density at radius 3 is 1.02 bits per heavy atom. The number of nitrogens with one attached hydrogen (secondary N) is 4. The number of aliphatic hydroxyl groups is 2. The van der Waals surface area contributed by atoms with Crippen molar-refractivity contribution >= 4 is 23.9 Å². The Labute approximate surface area is 390 Å². The highest BCUT2D eigenvalue weighted by atomic mass is 16.3. The van der Waals surface area contributed by atoms with Gasteiger partial charge in [-0.25, -0.2) is 9.59 Å². The van der Waals surface area contributed by atoms with Gasteiger partial charge in [0.15, 0.2) is 0 Å². The summed E-state index contributed by atoms with van der Waals surface area (Å²) in [7, 11) is 0. The molecule has 0 bridgehead atoms. The summed E-state index contributed by atoms with van der Waals surface area (Å²) in [5.41, 5.74) is 4.03. The van der Waals surface area contributed by atoms with Crippen molar-refractivity contribution in [1.82, 2.24) is 40.9 Å². The molecule has 0 unspecified atom stereocenters. The van der Waals surface area contributed by atoms with Gasteiger partial charge in [-0.1, -0.05) is 149 Å². The molecule has 4 aromatic rings. The van der Waals surface area contributed by atoms with E-state index in [2.05, 4.69) is 55.3 Å². The molecule has 6 atom stereocenters. The Morgan fingerprint density at radius 2 is 0.727 bits per heavy atom. The van der Waals surface area contributed by atoms with Crippen LogP contribution in [-0.4, -0.2) is 142 Å². The summed E-state index contributed by atoms with van der Waals surface area (Å²) in [6, 6.07) is 34.5. The number of hydrogen-bond acceptors (Lipinski definition) is 8. The van der Waals surface area contributed by atoms with Crippen LogP contribution >= 0.6 is 0 Å². The van der Waals surface area contributed by atoms with E-state index in [1.54, 1.807) is 9.80 Å². The van der Waals surface area contributed by atoms with Crippen LogP contribution in [0.2, 0.25) is 0 Å². The zero-order valence-corrected chi connectivity index (χ0v) is 39.0. The molecule has 2 heterocycles. The quantitative estimate of drug-likeness (QED) is 0.0812. The second-order valence-corrected chi connectivity index (χ2v) is 18.4. The molecule has 4 aromatic carbocycles. The fourth-order valence-electron chi connectivity index (χ4n) is 8.69. The normalized spacial score (nSPS) is 17.6. The van der Waals surface area contributed by atoms with Crippen LogP contribution in [0, 0.1) is 11.8 Å². The minimum Gasteiger partial charge on any atom is -0.388 e. The number of hydrogen-bond donors (Lipinski definition) is 6. The minimum absolute atomic E-state index is 0.155. The lowest BCUT2D eigenvalue weighted by Gasteiger charge is -2.37. The fraction of sp³-hybridized carbons (Fsp3) is 0.462. The van der Waals surface area contributed by atoms with Gasteiger partial charge in [0, 0.05) is 65.4 Å². The summed E-state index contributed by atoms with van der Waals surface area (Å²) in [5, 5.41) is 36.2. The van der Waals surface area contributed by atoms with Crippen molar-refractivity contribution in [3.8, 4) is 0 Å². The first-order chi connectivity index (χ1) is 31.8. The summed E-state index contributed by atoms with van der Waals surface area (Å²) in [4.78, 5) is 63.9. The van der Waals surface area contributed by atoms with Crippen LogP contribution in [0.1, 0.15) is 49.9 Å². The van der Waals surface area contributed by atoms with E-state index in [-0.39, 0.29) is 36.7 Å². The zero-order valence-electron chi connectivity index (χ0n) is 39.0. The van der Waals surface area contributed by atoms with Crippen molar-refractivity contribution in [3.05, 3.63) is 144 Å². The van der Waals surface area contributed by atoms with Gasteiger partial charge >= 0.3 is 12.1 Å². The van der Waals surface area contributed by atoms with Gasteiger partial charge in [-0.15, -0.1) is 0 Å². The molecule has 14 heteroatoms. The van der Waals surface area contributed by atoms with Gasteiger partial charge in [0.05, 0.1) is 12.1 Å². The molecule has 6 rings (SSSR count). The molecule has 0 spiro atoms. The Bertz CT molecular complexity index is 1950. The molecule has 2 fully saturated rings. The molecule has 6 N–H and O–H groups in total. The van der Waals surface area contributed by atoms with E-state index in [9.17, 15) is 29.4 Å². The third kappa shape index (κ3) is 14.6. The maximum atomic E-state index is 14.3. The van der Waals surface area contributed by atoms with Gasteiger partial charge < -0.3 is 41.3 Å². The van der Waals surface area contributed by atoms with Crippen molar-refractivity contribution in [3.63, 3.8) is 0 Å². The topological polar surface area (TPSA) is 170 Å². The largest absolute Gasteiger partial charge is 0.388 e. The molecule has 2 aliphatic rings. The van der Waals surface area contributed by atoms with Gasteiger partial charge in [0.25, 0.3) is 0 Å². The smallest absolute Gasteiger partial charge is 0.318 e. The highest BCUT2D eigenvalue weighted by Crippen LogP contribution is 2.18. The van der Waals surface area contributed by atoms with Crippen LogP contribution in [-0.2, 0) is 35.5 Å². The molecule has 0 radical (unpaired) electrons. The van der Waals surface area contributed by atoms with Crippen molar-refractivity contribution in [2.75, 3.05) is 52.4 Å². The molecule has 2 saturated heterocycles. The number of carbonyl (C=O) groups excluding carboxylic acids is 4. The maximum absolute atomic E-state index is 14.3. The predicted molar refractivity (Wildman–Crippen MR) is 257 cm³/mol. The number of carbonyl (C=O) groups is 4. The molecule has 2 aliphatic heterocycles. The molecule has 354 valence electrons. The van der Waals surface area contributed by atoms with Crippen molar-refractivity contribution < 1.29 is 29.4 Å². The first-order valence-electron chi connectivity index (χ1n) is 23.5. The highest BCUT2D eigenvalue weighted by Gasteiger charge is 2.38. The molecule has 14 nitrogen and oxygen atoms in total. The van der Waals surface area contributed by atoms with Gasteiger partial charge in [0.2, 0.25) is 11.8 Å². The molecule has 66 heavy (non-hydrogen) atoms. The van der Waals surface area contributed by atoms with Crippen molar-refractivity contribution in [2.24, 2.45) is 11.8 Å². The summed E-state index contributed by atoms with van der Waals surface area (Å²) in [5.74, 6) is -1.61. The Balaban J connectivity index is 1.12. The van der Waals surface area contributed by atoms with Gasteiger partial charge in [0.1, 0.15) is 24.3 Å². The van der Waals surface area contributed by atoms with Crippen LogP contribution in [0.5, 0.6) is 0 Å². The predicted octanol–water partition coefficient (Wildman–Crippen LogP) is 4.27. The van der Waals surface area contributed by atoms with E-state index >= 15 is 0 Å². The van der Waals surface area contributed by atoms with Crippen LogP contribution in [0.3, 0.4) is 0 Å². The Morgan fingerprint density at radius 1 is 0.439 bits per heavy atom. The van der Waals surface area contributed by atoms with E-state index in [4.69, 9.17) is 0 Å². The second-order valence-electron chi connectivity index (χ2n) is 18.4. The van der Waals surface area contributed by atoms with Crippen LogP contribution < -0.4 is 21.3 Å². The lowest BCUT2D eigenvalue weighted by molar-refractivity contribution is -0.129. The monoisotopic (exact) mass is 903 g/mol. The van der Waals surface area contributed by atoms with E-state index in [1.807, 2.05) is 125 Å². The first kappa shape index (κ1) is 49.6. The minimum atomic E-state index is -1.57. The SMILES string of the molecule is CC(C)[C@H](NC(=O)N1CCN(Cc2ccccc2)CC1)C(=O)N[C@@H](Cc1ccccc1)[C@@H](O)[C@H](O)[C@H](Cc1ccccc1)NC(=O)[C@@H](NC(=O)N1CCN(Cc2ccccc2)CC1)C(C)C. The summed E-state index contributed by atoms with van der Waals surface area (Å²) < 4.78 is 0. The summed E-state index contributed by atoms with van der Waals surface area (Å²) >= 11 is 0. The first-order valence-corrected chi connectivity index (χ1v) is 23.5. The van der Waals surface area contributed by atoms with Crippen LogP contribution in [0.4, 0.5) is 9.59 Å². The van der Waals surface area contributed by atoms with E-state index in [0.717, 1.165) is 24.2 Å². The number of nitrogens with zero attached hydrogens (tertiary/aromatic N) is 4. The molecule has 0 saturated carbocycles. The molecule has 0 aliphatic carbocycles. The highest BCUT2D eigenvalue weighted by molar-refractivity contribution is 5.88. The standard InChI is InChI=1S/C52H70N8O6/c1-37(2)45(55-51(65)59-29-25-57(26-30-59)35-41-21-13-7-14-22-41)49(63)53-43(33-39-17-9-5-10-18-39)47(61)48(62)44(34-40-19-11-6-12-20-40)54-50(64)46(38(3)4)56-52(66)60-31-27-58(28-32-60)36-42-23-15-8-16-24-42/h5-24,37-38,43-48,61-62H,25-36H2,1-4H3,(H,53,63)(H,54,64)(H,55,65)(H,56,66)/t43-,44-,45-,46-,47+,48+/m0/s1. The lowest BCUT2D eigenvalue weighted by Crippen LogP contribution is -2.63. The summed E-state index contributed by atoms with van der Waals surface area (Å²) in [6.45, 7) is 13.8. The van der Waals surface area contributed by atoms with Gasteiger partial charge in [-0.3, -0.25) is 19.4 Å². The van der Waals surface area contributed by atoms with Crippen LogP contribution in [0.15, 0.2) is 121 Å².